The van der Waals surface area contributed by atoms with E-state index in [9.17, 15) is 14.4 Å². The van der Waals surface area contributed by atoms with Gasteiger partial charge in [-0.3, -0.25) is 10.1 Å². The van der Waals surface area contributed by atoms with Crippen molar-refractivity contribution in [2.45, 2.75) is 41.8 Å². The Kier molecular flexibility index (Phi) is 7.59. The second kappa shape index (κ2) is 10.8. The molecule has 1 aliphatic carbocycles. The number of carbonyl (C=O) groups is 3. The first-order valence-corrected chi connectivity index (χ1v) is 12.5. The average Bonchev–Trinajstić information content (AvgIpc) is 3.52. The third kappa shape index (κ3) is 5.63. The predicted molar refractivity (Wildman–Crippen MR) is 132 cm³/mol. The molecule has 1 saturated carbocycles. The molecule has 2 heterocycles. The Bertz CT molecular complexity index is 1220. The highest BCUT2D eigenvalue weighted by molar-refractivity contribution is 8.01. The fourth-order valence-corrected chi connectivity index (χ4v) is 5.68. The van der Waals surface area contributed by atoms with Gasteiger partial charge in [0.05, 0.1) is 28.8 Å². The average molecular weight is 497 g/mol. The molecule has 2 amide bonds. The molecule has 2 N–H and O–H groups in total. The highest BCUT2D eigenvalue weighted by Gasteiger charge is 2.26. The van der Waals surface area contributed by atoms with Crippen LogP contribution in [-0.2, 0) is 4.74 Å². The van der Waals surface area contributed by atoms with E-state index in [4.69, 9.17) is 4.74 Å². The van der Waals surface area contributed by atoms with Gasteiger partial charge in [-0.2, -0.15) is 0 Å². The number of aryl methyl sites for hydroxylation is 1. The van der Waals surface area contributed by atoms with E-state index in [1.165, 1.54) is 30.2 Å². The number of esters is 1. The van der Waals surface area contributed by atoms with Crippen molar-refractivity contribution in [3.8, 4) is 0 Å². The number of methoxy groups -OCH3 is 1. The van der Waals surface area contributed by atoms with Crippen LogP contribution in [0.2, 0.25) is 0 Å². The zero-order chi connectivity index (χ0) is 24.1. The summed E-state index contributed by atoms with van der Waals surface area (Å²) in [6.07, 6.45) is 7.11. The lowest BCUT2D eigenvalue weighted by Gasteiger charge is -2.14. The van der Waals surface area contributed by atoms with Crippen LogP contribution in [0.25, 0.3) is 0 Å². The summed E-state index contributed by atoms with van der Waals surface area (Å²) in [5.74, 6) is -0.370. The van der Waals surface area contributed by atoms with Crippen LogP contribution in [0, 0.1) is 12.8 Å². The number of rotatable bonds is 7. The Morgan fingerprint density at radius 2 is 1.88 bits per heavy atom. The fourth-order valence-electron chi connectivity index (χ4n) is 3.83. The van der Waals surface area contributed by atoms with Gasteiger partial charge in [-0.15, -0.1) is 0 Å². The molecular weight excluding hydrogens is 472 g/mol. The molecule has 2 aromatic heterocycles. The quantitative estimate of drug-likeness (QED) is 0.314. The maximum Gasteiger partial charge on any atom is 0.340 e. The van der Waals surface area contributed by atoms with Crippen LogP contribution in [0.1, 0.15) is 52.0 Å². The van der Waals surface area contributed by atoms with Crippen molar-refractivity contribution in [2.75, 3.05) is 17.7 Å². The highest BCUT2D eigenvalue weighted by atomic mass is 32.2. The second-order valence-electron chi connectivity index (χ2n) is 7.91. The van der Waals surface area contributed by atoms with E-state index < -0.39 is 12.0 Å². The van der Waals surface area contributed by atoms with E-state index in [1.54, 1.807) is 30.6 Å². The van der Waals surface area contributed by atoms with Crippen molar-refractivity contribution in [2.24, 2.45) is 5.92 Å². The van der Waals surface area contributed by atoms with Crippen LogP contribution >= 0.6 is 23.1 Å². The smallest absolute Gasteiger partial charge is 0.340 e. The number of benzene rings is 1. The number of carbonyl (C=O) groups excluding carboxylic acids is 3. The first-order chi connectivity index (χ1) is 16.4. The molecule has 0 bridgehead atoms. The number of hydrogen-bond donors (Lipinski definition) is 2. The van der Waals surface area contributed by atoms with Gasteiger partial charge >= 0.3 is 12.0 Å². The number of hydrogen-bond acceptors (Lipinski definition) is 8. The number of ether oxygens (including phenoxy) is 1. The van der Waals surface area contributed by atoms with Gasteiger partial charge in [-0.25, -0.2) is 19.6 Å². The molecule has 3 aromatic rings. The molecule has 0 saturated heterocycles. The summed E-state index contributed by atoms with van der Waals surface area (Å²) in [5.41, 5.74) is 2.36. The number of Topliss-reactive ketones (excluding diaryl/α,β-unsaturated/α-hetero) is 1. The summed E-state index contributed by atoms with van der Waals surface area (Å²) in [6, 6.07) is 8.28. The lowest BCUT2D eigenvalue weighted by atomic mass is 9.94. The molecule has 176 valence electrons. The SMILES string of the molecule is COC(=O)c1cccnc1Sc1cnc(NC(=O)Nc2ccc(C)cc2C(=O)C2CCCC2)s1. The first kappa shape index (κ1) is 23.9. The van der Waals surface area contributed by atoms with E-state index in [1.807, 2.05) is 19.1 Å². The Morgan fingerprint density at radius 1 is 1.09 bits per heavy atom. The van der Waals surface area contributed by atoms with E-state index in [0.29, 0.717) is 27.0 Å². The van der Waals surface area contributed by atoms with Crippen molar-refractivity contribution in [1.29, 1.82) is 0 Å². The Morgan fingerprint density at radius 3 is 2.65 bits per heavy atom. The summed E-state index contributed by atoms with van der Waals surface area (Å²) in [6.45, 7) is 1.93. The summed E-state index contributed by atoms with van der Waals surface area (Å²) in [7, 11) is 1.32. The zero-order valence-electron chi connectivity index (χ0n) is 18.8. The number of aromatic nitrogens is 2. The van der Waals surface area contributed by atoms with E-state index in [-0.39, 0.29) is 11.7 Å². The molecular formula is C24H24N4O4S2. The topological polar surface area (TPSA) is 110 Å². The number of thiazole rings is 1. The molecule has 4 rings (SSSR count). The van der Waals surface area contributed by atoms with Gasteiger partial charge in [0, 0.05) is 17.7 Å². The van der Waals surface area contributed by atoms with Crippen molar-refractivity contribution < 1.29 is 19.1 Å². The molecule has 0 unspecified atom stereocenters. The fraction of sp³-hybridized carbons (Fsp3) is 0.292. The lowest BCUT2D eigenvalue weighted by molar-refractivity contribution is 0.0595. The van der Waals surface area contributed by atoms with Gasteiger partial charge in [0.1, 0.15) is 5.03 Å². The standard InChI is InChI=1S/C24H24N4O4S2/c1-14-9-10-18(17(12-14)20(29)15-6-3-4-7-15)27-23(31)28-24-26-13-19(34-24)33-21-16(22(30)32-2)8-5-11-25-21/h5,8-13,15H,3-4,6-7H2,1-2H3,(H2,26,27,28,31). The van der Waals surface area contributed by atoms with Crippen LogP contribution in [0.4, 0.5) is 15.6 Å². The monoisotopic (exact) mass is 496 g/mol. The van der Waals surface area contributed by atoms with Gasteiger partial charge in [0.25, 0.3) is 0 Å². The van der Waals surface area contributed by atoms with Crippen LogP contribution < -0.4 is 10.6 Å². The molecule has 0 radical (unpaired) electrons. The first-order valence-electron chi connectivity index (χ1n) is 10.8. The van der Waals surface area contributed by atoms with Crippen LogP contribution in [0.5, 0.6) is 0 Å². The number of amides is 2. The Hall–Kier alpha value is -3.24. The molecule has 8 nitrogen and oxygen atoms in total. The number of urea groups is 1. The van der Waals surface area contributed by atoms with Crippen LogP contribution in [0.3, 0.4) is 0 Å². The second-order valence-corrected chi connectivity index (χ2v) is 10.2. The third-order valence-electron chi connectivity index (χ3n) is 5.49. The highest BCUT2D eigenvalue weighted by Crippen LogP contribution is 2.35. The van der Waals surface area contributed by atoms with Gasteiger partial charge < -0.3 is 10.1 Å². The minimum absolute atomic E-state index is 0.0189. The molecule has 10 heteroatoms. The van der Waals surface area contributed by atoms with Gasteiger partial charge in [0.15, 0.2) is 10.9 Å². The minimum Gasteiger partial charge on any atom is -0.465 e. The molecule has 0 atom stereocenters. The Labute approximate surface area is 205 Å². The summed E-state index contributed by atoms with van der Waals surface area (Å²) < 4.78 is 5.54. The van der Waals surface area contributed by atoms with Crippen molar-refractivity contribution in [1.82, 2.24) is 9.97 Å². The van der Waals surface area contributed by atoms with Gasteiger partial charge in [-0.05, 0) is 44.0 Å². The molecule has 34 heavy (non-hydrogen) atoms. The third-order valence-corrected chi connectivity index (χ3v) is 7.53. The van der Waals surface area contributed by atoms with E-state index in [2.05, 4.69) is 20.6 Å². The molecule has 0 aliphatic heterocycles. The van der Waals surface area contributed by atoms with Crippen molar-refractivity contribution >= 4 is 51.7 Å². The number of nitrogens with one attached hydrogen (secondary N) is 2. The Balaban J connectivity index is 1.43. The van der Waals surface area contributed by atoms with Crippen molar-refractivity contribution in [3.63, 3.8) is 0 Å². The number of pyridine rings is 1. The summed E-state index contributed by atoms with van der Waals surface area (Å²) in [5, 5.41) is 6.38. The number of anilines is 2. The zero-order valence-corrected chi connectivity index (χ0v) is 20.4. The van der Waals surface area contributed by atoms with Gasteiger partial charge in [-0.1, -0.05) is 47.6 Å². The summed E-state index contributed by atoms with van der Waals surface area (Å²) in [4.78, 5) is 46.1. The maximum atomic E-state index is 13.0. The predicted octanol–water partition coefficient (Wildman–Crippen LogP) is 5.80. The molecule has 0 spiro atoms. The lowest BCUT2D eigenvalue weighted by Crippen LogP contribution is -2.22. The molecule has 1 fully saturated rings. The van der Waals surface area contributed by atoms with Crippen molar-refractivity contribution in [3.05, 3.63) is 59.4 Å². The molecule has 1 aromatic carbocycles. The largest absolute Gasteiger partial charge is 0.465 e. The minimum atomic E-state index is -0.483. The summed E-state index contributed by atoms with van der Waals surface area (Å²) >= 11 is 2.51. The van der Waals surface area contributed by atoms with Gasteiger partial charge in [0.2, 0.25) is 0 Å². The van der Waals surface area contributed by atoms with E-state index in [0.717, 1.165) is 35.5 Å². The van der Waals surface area contributed by atoms with Crippen LogP contribution in [-0.4, -0.2) is 34.9 Å². The van der Waals surface area contributed by atoms with Crippen LogP contribution in [0.15, 0.2) is 52.0 Å². The number of ketones is 1. The number of nitrogens with zero attached hydrogens (tertiary/aromatic N) is 2. The molecule has 1 aliphatic rings. The normalized spacial score (nSPS) is 13.5. The maximum absolute atomic E-state index is 13.0. The van der Waals surface area contributed by atoms with E-state index >= 15 is 0 Å².